The Labute approximate surface area is 205 Å². The largest absolute Gasteiger partial charge is 0.508 e. The van der Waals surface area contributed by atoms with Crippen LogP contribution >= 0.6 is 23.1 Å². The molecule has 174 valence electrons. The Morgan fingerprint density at radius 3 is 2.85 bits per heavy atom. The minimum absolute atomic E-state index is 0.0426. The van der Waals surface area contributed by atoms with Crippen molar-refractivity contribution in [1.82, 2.24) is 9.27 Å². The van der Waals surface area contributed by atoms with Gasteiger partial charge in [-0.05, 0) is 58.6 Å². The standard InChI is InChI=1S/C26H23ClFN3O2S/c1-3-16-14-30(22(33)4-2)9-10-31(16)26-20-13-21(27)23(24(28)25(20)29-34-26)19-12-17(32)11-15-7-5-6-8-18(15)19/h4-8,11-13,16,32H,2-3,9-10,14H2,1H3. The highest BCUT2D eigenvalue weighted by molar-refractivity contribution is 7.11. The van der Waals surface area contributed by atoms with Gasteiger partial charge in [0.2, 0.25) is 5.91 Å². The number of phenolic OH excluding ortho intramolecular Hbond substituents is 1. The van der Waals surface area contributed by atoms with Crippen molar-refractivity contribution in [3.8, 4) is 16.9 Å². The number of benzene rings is 3. The number of aromatic hydroxyl groups is 1. The zero-order valence-corrected chi connectivity index (χ0v) is 20.2. The lowest BCUT2D eigenvalue weighted by molar-refractivity contribution is -0.126. The molecule has 1 aliphatic heterocycles. The van der Waals surface area contributed by atoms with Gasteiger partial charge in [0, 0.05) is 36.6 Å². The van der Waals surface area contributed by atoms with Crippen LogP contribution in [0, 0.1) is 5.82 Å². The molecule has 1 aromatic heterocycles. The fourth-order valence-electron chi connectivity index (χ4n) is 4.76. The molecular weight excluding hydrogens is 473 g/mol. The van der Waals surface area contributed by atoms with Crippen molar-refractivity contribution in [2.24, 2.45) is 0 Å². The molecule has 1 N–H and O–H groups in total. The van der Waals surface area contributed by atoms with E-state index in [0.717, 1.165) is 22.2 Å². The first-order valence-electron chi connectivity index (χ1n) is 11.1. The monoisotopic (exact) mass is 495 g/mol. The van der Waals surface area contributed by atoms with Gasteiger partial charge < -0.3 is 14.9 Å². The number of anilines is 1. The normalized spacial score (nSPS) is 16.4. The van der Waals surface area contributed by atoms with Gasteiger partial charge in [0.25, 0.3) is 0 Å². The molecule has 34 heavy (non-hydrogen) atoms. The zero-order chi connectivity index (χ0) is 24.0. The highest BCUT2D eigenvalue weighted by atomic mass is 35.5. The minimum atomic E-state index is -0.505. The maximum atomic E-state index is 15.9. The summed E-state index contributed by atoms with van der Waals surface area (Å²) in [5.74, 6) is -0.542. The van der Waals surface area contributed by atoms with Crippen molar-refractivity contribution in [3.63, 3.8) is 0 Å². The second-order valence-electron chi connectivity index (χ2n) is 8.39. The first-order chi connectivity index (χ1) is 16.4. The summed E-state index contributed by atoms with van der Waals surface area (Å²) in [7, 11) is 0. The fraction of sp³-hybridized carbons (Fsp3) is 0.231. The van der Waals surface area contributed by atoms with Gasteiger partial charge in [0.05, 0.1) is 5.02 Å². The van der Waals surface area contributed by atoms with Crippen LogP contribution in [-0.2, 0) is 4.79 Å². The number of amides is 1. The maximum absolute atomic E-state index is 15.9. The Balaban J connectivity index is 1.61. The molecule has 0 aliphatic carbocycles. The van der Waals surface area contributed by atoms with Crippen LogP contribution in [0.25, 0.3) is 32.8 Å². The van der Waals surface area contributed by atoms with Crippen molar-refractivity contribution in [2.45, 2.75) is 19.4 Å². The Morgan fingerprint density at radius 1 is 1.29 bits per heavy atom. The molecule has 1 saturated heterocycles. The molecule has 0 spiro atoms. The van der Waals surface area contributed by atoms with E-state index in [1.807, 2.05) is 24.3 Å². The molecule has 4 aromatic rings. The molecule has 5 nitrogen and oxygen atoms in total. The number of piperazine rings is 1. The third-order valence-corrected chi connectivity index (χ3v) is 7.66. The van der Waals surface area contributed by atoms with E-state index < -0.39 is 5.82 Å². The first-order valence-corrected chi connectivity index (χ1v) is 12.3. The molecule has 2 heterocycles. The van der Waals surface area contributed by atoms with Crippen molar-refractivity contribution in [1.29, 1.82) is 0 Å². The van der Waals surface area contributed by atoms with E-state index in [2.05, 4.69) is 22.8 Å². The third-order valence-electron chi connectivity index (χ3n) is 6.46. The van der Waals surface area contributed by atoms with Gasteiger partial charge in [0.1, 0.15) is 16.3 Å². The van der Waals surface area contributed by atoms with Crippen LogP contribution in [0.3, 0.4) is 0 Å². The lowest BCUT2D eigenvalue weighted by Crippen LogP contribution is -2.54. The quantitative estimate of drug-likeness (QED) is 0.341. The number of carbonyl (C=O) groups excluding carboxylic acids is 1. The number of carbonyl (C=O) groups is 1. The topological polar surface area (TPSA) is 56.7 Å². The molecular formula is C26H23ClFN3O2S. The maximum Gasteiger partial charge on any atom is 0.246 e. The zero-order valence-electron chi connectivity index (χ0n) is 18.6. The molecule has 1 fully saturated rings. The van der Waals surface area contributed by atoms with Gasteiger partial charge in [-0.15, -0.1) is 0 Å². The van der Waals surface area contributed by atoms with Crippen LogP contribution in [0.5, 0.6) is 5.75 Å². The summed E-state index contributed by atoms with van der Waals surface area (Å²) >= 11 is 7.93. The second kappa shape index (κ2) is 8.89. The average Bonchev–Trinajstić information content (AvgIpc) is 3.26. The number of halogens is 2. The van der Waals surface area contributed by atoms with E-state index in [4.69, 9.17) is 11.6 Å². The Bertz CT molecular complexity index is 1440. The minimum Gasteiger partial charge on any atom is -0.508 e. The van der Waals surface area contributed by atoms with Crippen LogP contribution in [0.15, 0.2) is 55.1 Å². The first kappa shape index (κ1) is 22.6. The molecule has 0 saturated carbocycles. The van der Waals surface area contributed by atoms with Gasteiger partial charge in [-0.3, -0.25) is 4.79 Å². The average molecular weight is 496 g/mol. The number of aromatic nitrogens is 1. The van der Waals surface area contributed by atoms with Crippen LogP contribution in [0.1, 0.15) is 13.3 Å². The highest BCUT2D eigenvalue weighted by Gasteiger charge is 2.31. The molecule has 0 radical (unpaired) electrons. The van der Waals surface area contributed by atoms with Gasteiger partial charge in [-0.25, -0.2) is 4.39 Å². The Morgan fingerprint density at radius 2 is 2.09 bits per heavy atom. The second-order valence-corrected chi connectivity index (χ2v) is 9.55. The van der Waals surface area contributed by atoms with Crippen molar-refractivity contribution >= 4 is 55.7 Å². The molecule has 1 unspecified atom stereocenters. The number of phenols is 1. The lowest BCUT2D eigenvalue weighted by Gasteiger charge is -2.41. The van der Waals surface area contributed by atoms with Crippen molar-refractivity contribution < 1.29 is 14.3 Å². The number of fused-ring (bicyclic) bond motifs is 2. The van der Waals surface area contributed by atoms with E-state index in [9.17, 15) is 9.90 Å². The summed E-state index contributed by atoms with van der Waals surface area (Å²) in [5.41, 5.74) is 1.01. The molecule has 3 aromatic carbocycles. The summed E-state index contributed by atoms with van der Waals surface area (Å²) in [6, 6.07) is 12.5. The van der Waals surface area contributed by atoms with E-state index in [1.165, 1.54) is 23.7 Å². The lowest BCUT2D eigenvalue weighted by atomic mass is 9.96. The van der Waals surface area contributed by atoms with Crippen molar-refractivity contribution in [3.05, 3.63) is 66.0 Å². The predicted molar refractivity (Wildman–Crippen MR) is 137 cm³/mol. The summed E-state index contributed by atoms with van der Waals surface area (Å²) < 4.78 is 20.4. The van der Waals surface area contributed by atoms with Gasteiger partial charge in [-0.2, -0.15) is 4.37 Å². The number of hydrogen-bond acceptors (Lipinski definition) is 5. The molecule has 1 aliphatic rings. The van der Waals surface area contributed by atoms with Crippen LogP contribution in [-0.4, -0.2) is 46.0 Å². The van der Waals surface area contributed by atoms with Crippen LogP contribution in [0.2, 0.25) is 5.02 Å². The van der Waals surface area contributed by atoms with Crippen molar-refractivity contribution in [2.75, 3.05) is 24.5 Å². The summed E-state index contributed by atoms with van der Waals surface area (Å²) in [6.45, 7) is 7.41. The fourth-order valence-corrected chi connectivity index (χ4v) is 6.01. The van der Waals surface area contributed by atoms with Gasteiger partial charge in [-0.1, -0.05) is 49.4 Å². The van der Waals surface area contributed by atoms with E-state index >= 15 is 4.39 Å². The molecule has 5 rings (SSSR count). The number of nitrogens with zero attached hydrogens (tertiary/aromatic N) is 3. The van der Waals surface area contributed by atoms with Crippen LogP contribution < -0.4 is 4.90 Å². The molecule has 1 atom stereocenters. The van der Waals surface area contributed by atoms with E-state index in [0.29, 0.717) is 30.6 Å². The Hall–Kier alpha value is -3.16. The SMILES string of the molecule is C=CC(=O)N1CCN(c2snc3c(F)c(-c4cc(O)cc5ccccc45)c(Cl)cc23)C(CC)C1. The highest BCUT2D eigenvalue weighted by Crippen LogP contribution is 2.44. The number of hydrogen-bond donors (Lipinski definition) is 1. The van der Waals surface area contributed by atoms with Crippen LogP contribution in [0.4, 0.5) is 9.39 Å². The third kappa shape index (κ3) is 3.69. The summed E-state index contributed by atoms with van der Waals surface area (Å²) in [5, 5.41) is 13.6. The molecule has 0 bridgehead atoms. The number of rotatable bonds is 4. The van der Waals surface area contributed by atoms with E-state index in [-0.39, 0.29) is 33.8 Å². The van der Waals surface area contributed by atoms with E-state index in [1.54, 1.807) is 17.0 Å². The summed E-state index contributed by atoms with van der Waals surface area (Å²) in [6.07, 6.45) is 2.16. The predicted octanol–water partition coefficient (Wildman–Crippen LogP) is 6.23. The Kier molecular flexibility index (Phi) is 5.91. The summed E-state index contributed by atoms with van der Waals surface area (Å²) in [4.78, 5) is 16.1. The molecule has 8 heteroatoms. The van der Waals surface area contributed by atoms with Gasteiger partial charge in [0.15, 0.2) is 5.82 Å². The molecule has 1 amide bonds. The van der Waals surface area contributed by atoms with Gasteiger partial charge >= 0.3 is 0 Å². The smallest absolute Gasteiger partial charge is 0.246 e.